The van der Waals surface area contributed by atoms with E-state index < -0.39 is 0 Å². The van der Waals surface area contributed by atoms with Crippen LogP contribution in [-0.4, -0.2) is 24.7 Å². The summed E-state index contributed by atoms with van der Waals surface area (Å²) in [6.45, 7) is 6.45. The largest absolute Gasteiger partial charge is 0.389 e. The second-order valence-corrected chi connectivity index (χ2v) is 4.33. The Bertz CT molecular complexity index is 380. The number of ether oxygens (including phenoxy) is 1. The van der Waals surface area contributed by atoms with Crippen LogP contribution in [0.2, 0.25) is 0 Å². The Balaban J connectivity index is 2.56. The third kappa shape index (κ3) is 4.71. The number of hydrogen-bond donors (Lipinski definition) is 2. The summed E-state index contributed by atoms with van der Waals surface area (Å²) in [7, 11) is 0. The first kappa shape index (κ1) is 13.9. The molecule has 1 aromatic rings. The average molecular weight is 252 g/mol. The van der Waals surface area contributed by atoms with E-state index in [2.05, 4.69) is 18.3 Å². The van der Waals surface area contributed by atoms with Gasteiger partial charge in [-0.05, 0) is 38.0 Å². The highest BCUT2D eigenvalue weighted by molar-refractivity contribution is 7.80. The van der Waals surface area contributed by atoms with Gasteiger partial charge in [-0.2, -0.15) is 0 Å². The molecule has 0 aliphatic rings. The molecule has 0 radical (unpaired) electrons. The Labute approximate surface area is 108 Å². The summed E-state index contributed by atoms with van der Waals surface area (Å²) in [6.07, 6.45) is 0.971. The maximum Gasteiger partial charge on any atom is 0.106 e. The van der Waals surface area contributed by atoms with Crippen molar-refractivity contribution >= 4 is 22.9 Å². The number of hydrogen-bond acceptors (Lipinski definition) is 3. The fourth-order valence-corrected chi connectivity index (χ4v) is 1.74. The third-order valence-electron chi connectivity index (χ3n) is 2.43. The van der Waals surface area contributed by atoms with Crippen LogP contribution in [0.1, 0.15) is 24.5 Å². The summed E-state index contributed by atoms with van der Waals surface area (Å²) in [5.74, 6) is 0. The zero-order valence-corrected chi connectivity index (χ0v) is 11.3. The molecule has 1 aromatic carbocycles. The highest BCUT2D eigenvalue weighted by Gasteiger charge is 2.04. The van der Waals surface area contributed by atoms with Gasteiger partial charge in [-0.15, -0.1) is 0 Å². The van der Waals surface area contributed by atoms with Crippen LogP contribution in [0.4, 0.5) is 5.69 Å². The van der Waals surface area contributed by atoms with Crippen LogP contribution in [-0.2, 0) is 4.74 Å². The molecule has 1 rings (SSSR count). The smallest absolute Gasteiger partial charge is 0.106 e. The van der Waals surface area contributed by atoms with Gasteiger partial charge < -0.3 is 15.8 Å². The Hall–Kier alpha value is -1.13. The van der Waals surface area contributed by atoms with Crippen LogP contribution >= 0.6 is 12.2 Å². The van der Waals surface area contributed by atoms with E-state index in [0.29, 0.717) is 4.99 Å². The zero-order valence-electron chi connectivity index (χ0n) is 10.5. The fraction of sp³-hybridized carbons (Fsp3) is 0.462. The highest BCUT2D eigenvalue weighted by atomic mass is 32.1. The van der Waals surface area contributed by atoms with Gasteiger partial charge in [-0.3, -0.25) is 0 Å². The standard InChI is InChI=1S/C13H20N2OS/c1-3-16-8-4-7-15-12-9-10(2)5-6-11(12)13(14)17/h5-6,9,15H,3-4,7-8H2,1-2H3,(H2,14,17). The van der Waals surface area contributed by atoms with Gasteiger partial charge in [-0.25, -0.2) is 0 Å². The normalized spacial score (nSPS) is 10.2. The van der Waals surface area contributed by atoms with Gasteiger partial charge in [0, 0.05) is 31.0 Å². The number of aryl methyl sites for hydroxylation is 1. The van der Waals surface area contributed by atoms with Crippen LogP contribution in [0.3, 0.4) is 0 Å². The van der Waals surface area contributed by atoms with Gasteiger partial charge in [0.15, 0.2) is 0 Å². The van der Waals surface area contributed by atoms with Crippen molar-refractivity contribution in [2.24, 2.45) is 5.73 Å². The van der Waals surface area contributed by atoms with E-state index in [9.17, 15) is 0 Å². The number of nitrogens with one attached hydrogen (secondary N) is 1. The number of thiocarbonyl (C=S) groups is 1. The fourth-order valence-electron chi connectivity index (χ4n) is 1.56. The van der Waals surface area contributed by atoms with Crippen molar-refractivity contribution in [3.8, 4) is 0 Å². The average Bonchev–Trinajstić information content (AvgIpc) is 2.28. The summed E-state index contributed by atoms with van der Waals surface area (Å²) in [5.41, 5.74) is 8.79. The molecule has 94 valence electrons. The molecule has 0 aliphatic heterocycles. The molecule has 0 fully saturated rings. The minimum absolute atomic E-state index is 0.428. The van der Waals surface area contributed by atoms with Crippen LogP contribution < -0.4 is 11.1 Å². The summed E-state index contributed by atoms with van der Waals surface area (Å²) in [6, 6.07) is 6.04. The number of benzene rings is 1. The second-order valence-electron chi connectivity index (χ2n) is 3.89. The first-order chi connectivity index (χ1) is 8.15. The van der Waals surface area contributed by atoms with Crippen molar-refractivity contribution in [3.05, 3.63) is 29.3 Å². The third-order valence-corrected chi connectivity index (χ3v) is 2.65. The number of nitrogens with two attached hydrogens (primary N) is 1. The van der Waals surface area contributed by atoms with Crippen LogP contribution in [0.5, 0.6) is 0 Å². The van der Waals surface area contributed by atoms with E-state index in [1.54, 1.807) is 0 Å². The maximum atomic E-state index is 5.68. The molecular formula is C13H20N2OS. The van der Waals surface area contributed by atoms with Crippen LogP contribution in [0.15, 0.2) is 18.2 Å². The molecule has 0 saturated carbocycles. The van der Waals surface area contributed by atoms with Crippen LogP contribution in [0, 0.1) is 6.92 Å². The van der Waals surface area contributed by atoms with Crippen molar-refractivity contribution in [2.45, 2.75) is 20.3 Å². The molecule has 4 heteroatoms. The van der Waals surface area contributed by atoms with E-state index in [-0.39, 0.29) is 0 Å². The first-order valence-electron chi connectivity index (χ1n) is 5.87. The lowest BCUT2D eigenvalue weighted by atomic mass is 10.1. The lowest BCUT2D eigenvalue weighted by molar-refractivity contribution is 0.147. The molecule has 0 aromatic heterocycles. The Morgan fingerprint density at radius 2 is 2.24 bits per heavy atom. The highest BCUT2D eigenvalue weighted by Crippen LogP contribution is 2.17. The molecule has 0 heterocycles. The monoisotopic (exact) mass is 252 g/mol. The molecular weight excluding hydrogens is 232 g/mol. The Morgan fingerprint density at radius 3 is 2.88 bits per heavy atom. The molecule has 0 unspecified atom stereocenters. The maximum absolute atomic E-state index is 5.68. The molecule has 0 atom stereocenters. The van der Waals surface area contributed by atoms with Crippen LogP contribution in [0.25, 0.3) is 0 Å². The van der Waals surface area contributed by atoms with Crippen molar-refractivity contribution in [1.29, 1.82) is 0 Å². The molecule has 3 N–H and O–H groups in total. The molecule has 0 saturated heterocycles. The van der Waals surface area contributed by atoms with Crippen molar-refractivity contribution in [1.82, 2.24) is 0 Å². The van der Waals surface area contributed by atoms with Gasteiger partial charge in [0.25, 0.3) is 0 Å². The van der Waals surface area contributed by atoms with Crippen molar-refractivity contribution in [2.75, 3.05) is 25.1 Å². The minimum atomic E-state index is 0.428. The minimum Gasteiger partial charge on any atom is -0.389 e. The zero-order chi connectivity index (χ0) is 12.7. The van der Waals surface area contributed by atoms with Crippen molar-refractivity contribution in [3.63, 3.8) is 0 Å². The Kier molecular flexibility index (Phi) is 5.94. The Morgan fingerprint density at radius 1 is 1.47 bits per heavy atom. The lowest BCUT2D eigenvalue weighted by Crippen LogP contribution is -2.14. The van der Waals surface area contributed by atoms with Gasteiger partial charge in [0.05, 0.1) is 0 Å². The van der Waals surface area contributed by atoms with Gasteiger partial charge in [-0.1, -0.05) is 18.3 Å². The van der Waals surface area contributed by atoms with E-state index >= 15 is 0 Å². The lowest BCUT2D eigenvalue weighted by Gasteiger charge is -2.12. The quantitative estimate of drug-likeness (QED) is 0.578. The summed E-state index contributed by atoms with van der Waals surface area (Å²) in [4.78, 5) is 0.428. The number of anilines is 1. The van der Waals surface area contributed by atoms with Gasteiger partial charge in [0.1, 0.15) is 4.99 Å². The molecule has 0 amide bonds. The predicted molar refractivity (Wildman–Crippen MR) is 76.7 cm³/mol. The van der Waals surface area contributed by atoms with E-state index in [0.717, 1.165) is 37.4 Å². The second kappa shape index (κ2) is 7.25. The topological polar surface area (TPSA) is 47.3 Å². The number of rotatable bonds is 7. The molecule has 17 heavy (non-hydrogen) atoms. The van der Waals surface area contributed by atoms with E-state index in [1.165, 1.54) is 5.56 Å². The summed E-state index contributed by atoms with van der Waals surface area (Å²) in [5, 5.41) is 3.35. The van der Waals surface area contributed by atoms with E-state index in [1.807, 2.05) is 19.1 Å². The predicted octanol–water partition coefficient (Wildman–Crippen LogP) is 2.47. The molecule has 0 aliphatic carbocycles. The molecule has 0 spiro atoms. The van der Waals surface area contributed by atoms with E-state index in [4.69, 9.17) is 22.7 Å². The molecule has 0 bridgehead atoms. The SMILES string of the molecule is CCOCCCNc1cc(C)ccc1C(N)=S. The summed E-state index contributed by atoms with van der Waals surface area (Å²) >= 11 is 5.03. The summed E-state index contributed by atoms with van der Waals surface area (Å²) < 4.78 is 5.28. The molecule has 3 nitrogen and oxygen atoms in total. The first-order valence-corrected chi connectivity index (χ1v) is 6.28. The van der Waals surface area contributed by atoms with Gasteiger partial charge >= 0.3 is 0 Å². The van der Waals surface area contributed by atoms with Gasteiger partial charge in [0.2, 0.25) is 0 Å². The van der Waals surface area contributed by atoms with Crippen molar-refractivity contribution < 1.29 is 4.74 Å².